The average Bonchev–Trinajstić information content (AvgIpc) is 2.43. The third-order valence-electron chi connectivity index (χ3n) is 2.80. The maximum atomic E-state index is 11.8. The number of carboxylic acids is 1. The van der Waals surface area contributed by atoms with Gasteiger partial charge in [0.1, 0.15) is 0 Å². The molecule has 6 nitrogen and oxygen atoms in total. The maximum Gasteiger partial charge on any atom is 0.335 e. The summed E-state index contributed by atoms with van der Waals surface area (Å²) in [5.41, 5.74) is 1.10. The van der Waals surface area contributed by atoms with Gasteiger partial charge in [0.05, 0.1) is 18.3 Å². The Kier molecular flexibility index (Phi) is 6.68. The molecule has 0 aliphatic heterocycles. The number of nitrogens with one attached hydrogen (secondary N) is 1. The zero-order valence-electron chi connectivity index (χ0n) is 12.6. The number of ether oxygens (including phenoxy) is 1. The second kappa shape index (κ2) is 8.26. The first-order valence-corrected chi connectivity index (χ1v) is 6.83. The first-order valence-electron chi connectivity index (χ1n) is 6.83. The quantitative estimate of drug-likeness (QED) is 0.753. The molecule has 21 heavy (non-hydrogen) atoms. The van der Waals surface area contributed by atoms with Gasteiger partial charge in [-0.3, -0.25) is 0 Å². The van der Waals surface area contributed by atoms with Crippen molar-refractivity contribution in [3.63, 3.8) is 0 Å². The summed E-state index contributed by atoms with van der Waals surface area (Å²) in [6, 6.07) is 6.27. The van der Waals surface area contributed by atoms with Gasteiger partial charge in [-0.05, 0) is 31.5 Å². The molecule has 0 radical (unpaired) electrons. The molecule has 0 aromatic heterocycles. The third kappa shape index (κ3) is 6.27. The van der Waals surface area contributed by atoms with Crippen molar-refractivity contribution < 1.29 is 19.4 Å². The highest BCUT2D eigenvalue weighted by molar-refractivity contribution is 5.87. The summed E-state index contributed by atoms with van der Waals surface area (Å²) in [7, 11) is 1.68. The molecule has 0 saturated carbocycles. The van der Waals surface area contributed by atoms with Crippen LogP contribution in [0.4, 0.5) is 4.79 Å². The highest BCUT2D eigenvalue weighted by Crippen LogP contribution is 2.07. The van der Waals surface area contributed by atoms with Gasteiger partial charge in [-0.1, -0.05) is 12.1 Å². The fraction of sp³-hybridized carbons (Fsp3) is 0.467. The molecule has 2 N–H and O–H groups in total. The van der Waals surface area contributed by atoms with Crippen LogP contribution in [0.5, 0.6) is 0 Å². The van der Waals surface area contributed by atoms with E-state index in [1.807, 2.05) is 13.8 Å². The van der Waals surface area contributed by atoms with Gasteiger partial charge in [0.15, 0.2) is 0 Å². The first-order chi connectivity index (χ1) is 9.90. The van der Waals surface area contributed by atoms with Crippen LogP contribution in [0, 0.1) is 0 Å². The van der Waals surface area contributed by atoms with E-state index in [9.17, 15) is 9.59 Å². The zero-order chi connectivity index (χ0) is 15.8. The molecule has 1 aromatic carbocycles. The summed E-state index contributed by atoms with van der Waals surface area (Å²) < 4.78 is 5.34. The molecule has 1 rings (SSSR count). The van der Waals surface area contributed by atoms with Crippen molar-refractivity contribution in [3.05, 3.63) is 35.4 Å². The van der Waals surface area contributed by atoms with E-state index in [-0.39, 0.29) is 17.7 Å². The van der Waals surface area contributed by atoms with E-state index in [0.29, 0.717) is 19.7 Å². The summed E-state index contributed by atoms with van der Waals surface area (Å²) in [6.45, 7) is 5.23. The molecule has 1 aromatic rings. The number of hydrogen-bond acceptors (Lipinski definition) is 3. The van der Waals surface area contributed by atoms with Crippen LogP contribution < -0.4 is 5.32 Å². The predicted molar refractivity (Wildman–Crippen MR) is 79.4 cm³/mol. The number of urea groups is 1. The third-order valence-corrected chi connectivity index (χ3v) is 2.80. The van der Waals surface area contributed by atoms with Crippen molar-refractivity contribution in [1.29, 1.82) is 0 Å². The number of carboxylic acid groups (broad SMARTS) is 1. The van der Waals surface area contributed by atoms with Crippen molar-refractivity contribution in [2.45, 2.75) is 26.5 Å². The molecule has 0 unspecified atom stereocenters. The molecule has 0 aliphatic carbocycles. The van der Waals surface area contributed by atoms with Crippen molar-refractivity contribution in [2.24, 2.45) is 0 Å². The Morgan fingerprint density at radius 1 is 1.29 bits per heavy atom. The van der Waals surface area contributed by atoms with Crippen LogP contribution >= 0.6 is 0 Å². The lowest BCUT2D eigenvalue weighted by Gasteiger charge is -2.18. The molecule has 0 aliphatic rings. The standard InChI is InChI=1S/C15H22N2O4/c1-11(2)21-9-8-16-15(20)17(3)10-12-4-6-13(7-5-12)14(18)19/h4-7,11H,8-10H2,1-3H3,(H,16,20)(H,18,19). The van der Waals surface area contributed by atoms with E-state index in [4.69, 9.17) is 9.84 Å². The minimum Gasteiger partial charge on any atom is -0.478 e. The fourth-order valence-corrected chi connectivity index (χ4v) is 1.69. The molecule has 0 atom stereocenters. The van der Waals surface area contributed by atoms with Crippen molar-refractivity contribution in [3.8, 4) is 0 Å². The molecule has 0 heterocycles. The van der Waals surface area contributed by atoms with Gasteiger partial charge < -0.3 is 20.1 Å². The van der Waals surface area contributed by atoms with E-state index in [1.54, 1.807) is 19.2 Å². The van der Waals surface area contributed by atoms with Crippen LogP contribution in [0.3, 0.4) is 0 Å². The number of aromatic carboxylic acids is 1. The highest BCUT2D eigenvalue weighted by atomic mass is 16.5. The minimum absolute atomic E-state index is 0.146. The highest BCUT2D eigenvalue weighted by Gasteiger charge is 2.09. The number of amides is 2. The molecular weight excluding hydrogens is 272 g/mol. The van der Waals surface area contributed by atoms with Crippen molar-refractivity contribution in [1.82, 2.24) is 10.2 Å². The van der Waals surface area contributed by atoms with Crippen LogP contribution in [0.15, 0.2) is 24.3 Å². The Balaban J connectivity index is 2.39. The summed E-state index contributed by atoms with van der Waals surface area (Å²) in [5.74, 6) is -0.960. The Morgan fingerprint density at radius 2 is 1.90 bits per heavy atom. The molecule has 0 bridgehead atoms. The van der Waals surface area contributed by atoms with E-state index in [1.165, 1.54) is 17.0 Å². The molecule has 0 saturated heterocycles. The number of benzene rings is 1. The molecule has 2 amide bonds. The van der Waals surface area contributed by atoms with Crippen molar-refractivity contribution in [2.75, 3.05) is 20.2 Å². The molecular formula is C15H22N2O4. The average molecular weight is 294 g/mol. The van der Waals surface area contributed by atoms with Gasteiger partial charge >= 0.3 is 12.0 Å². The van der Waals surface area contributed by atoms with Gasteiger partial charge in [0, 0.05) is 20.1 Å². The van der Waals surface area contributed by atoms with Gasteiger partial charge in [-0.2, -0.15) is 0 Å². The van der Waals surface area contributed by atoms with Crippen LogP contribution in [0.2, 0.25) is 0 Å². The van der Waals surface area contributed by atoms with Crippen LogP contribution in [0.25, 0.3) is 0 Å². The molecule has 0 fully saturated rings. The number of rotatable bonds is 7. The molecule has 116 valence electrons. The zero-order valence-corrected chi connectivity index (χ0v) is 12.6. The largest absolute Gasteiger partial charge is 0.478 e. The number of nitrogens with zero attached hydrogens (tertiary/aromatic N) is 1. The number of hydrogen-bond donors (Lipinski definition) is 2. The second-order valence-electron chi connectivity index (χ2n) is 5.01. The SMILES string of the molecule is CC(C)OCCNC(=O)N(C)Cc1ccc(C(=O)O)cc1. The lowest BCUT2D eigenvalue weighted by Crippen LogP contribution is -2.38. The van der Waals surface area contributed by atoms with Gasteiger partial charge in [-0.25, -0.2) is 9.59 Å². The Bertz CT molecular complexity index is 471. The fourth-order valence-electron chi connectivity index (χ4n) is 1.69. The van der Waals surface area contributed by atoms with E-state index >= 15 is 0 Å². The molecule has 0 spiro atoms. The summed E-state index contributed by atoms with van der Waals surface area (Å²) >= 11 is 0. The van der Waals surface area contributed by atoms with Gasteiger partial charge in [0.2, 0.25) is 0 Å². The van der Waals surface area contributed by atoms with Crippen LogP contribution in [-0.2, 0) is 11.3 Å². The van der Waals surface area contributed by atoms with Crippen LogP contribution in [0.1, 0.15) is 29.8 Å². The minimum atomic E-state index is -0.960. The first kappa shape index (κ1) is 17.0. The topological polar surface area (TPSA) is 78.9 Å². The smallest absolute Gasteiger partial charge is 0.335 e. The Hall–Kier alpha value is -2.08. The monoisotopic (exact) mass is 294 g/mol. The normalized spacial score (nSPS) is 10.5. The second-order valence-corrected chi connectivity index (χ2v) is 5.01. The van der Waals surface area contributed by atoms with E-state index in [2.05, 4.69) is 5.32 Å². The summed E-state index contributed by atoms with van der Waals surface area (Å²) in [5, 5.41) is 11.6. The Morgan fingerprint density at radius 3 is 2.43 bits per heavy atom. The lowest BCUT2D eigenvalue weighted by molar-refractivity contribution is 0.0696. The molecule has 6 heteroatoms. The predicted octanol–water partition coefficient (Wildman–Crippen LogP) is 1.95. The van der Waals surface area contributed by atoms with E-state index in [0.717, 1.165) is 5.56 Å². The maximum absolute atomic E-state index is 11.8. The summed E-state index contributed by atoms with van der Waals surface area (Å²) in [6.07, 6.45) is 0.146. The van der Waals surface area contributed by atoms with Crippen molar-refractivity contribution >= 4 is 12.0 Å². The van der Waals surface area contributed by atoms with Gasteiger partial charge in [0.25, 0.3) is 0 Å². The van der Waals surface area contributed by atoms with Gasteiger partial charge in [-0.15, -0.1) is 0 Å². The van der Waals surface area contributed by atoms with Crippen LogP contribution in [-0.4, -0.2) is 48.3 Å². The Labute approximate surface area is 124 Å². The summed E-state index contributed by atoms with van der Waals surface area (Å²) in [4.78, 5) is 24.1. The number of carbonyl (C=O) groups is 2. The lowest BCUT2D eigenvalue weighted by atomic mass is 10.1. The van der Waals surface area contributed by atoms with E-state index < -0.39 is 5.97 Å². The number of carbonyl (C=O) groups excluding carboxylic acids is 1.